The summed E-state index contributed by atoms with van der Waals surface area (Å²) in [5.41, 5.74) is 7.07. The van der Waals surface area contributed by atoms with Gasteiger partial charge in [-0.1, -0.05) is 24.3 Å². The highest BCUT2D eigenvalue weighted by atomic mass is 19.4. The zero-order valence-corrected chi connectivity index (χ0v) is 20.7. The first-order valence-corrected chi connectivity index (χ1v) is 11.6. The summed E-state index contributed by atoms with van der Waals surface area (Å²) in [4.78, 5) is 16.7. The molecule has 0 unspecified atom stereocenters. The van der Waals surface area contributed by atoms with Gasteiger partial charge in [-0.05, 0) is 58.8 Å². The van der Waals surface area contributed by atoms with E-state index in [4.69, 9.17) is 19.9 Å². The highest BCUT2D eigenvalue weighted by molar-refractivity contribution is 6.09. The average molecular weight is 534 g/mol. The minimum atomic E-state index is -4.87. The average Bonchev–Trinajstić information content (AvgIpc) is 2.90. The van der Waals surface area contributed by atoms with Crippen molar-refractivity contribution in [2.24, 2.45) is 5.73 Å². The number of carbonyl (C=O) groups is 1. The molecule has 198 valence electrons. The summed E-state index contributed by atoms with van der Waals surface area (Å²) in [7, 11) is 3.05. The molecule has 0 bridgehead atoms. The number of amides is 1. The van der Waals surface area contributed by atoms with Crippen LogP contribution in [0, 0.1) is 0 Å². The molecule has 10 heteroatoms. The number of fused-ring (bicyclic) bond motifs is 2. The SMILES string of the molecule is COc1cc2nccc(Oc3ccc4ccc(C(N)=O)c(-c5cccc(OC(F)(F)F)c5)c4c3)c2cc1OC. The van der Waals surface area contributed by atoms with E-state index in [0.29, 0.717) is 50.4 Å². The van der Waals surface area contributed by atoms with Crippen LogP contribution in [0.5, 0.6) is 28.7 Å². The number of ether oxygens (including phenoxy) is 4. The summed E-state index contributed by atoms with van der Waals surface area (Å²) in [6, 6.07) is 19.0. The molecule has 0 atom stereocenters. The first kappa shape index (κ1) is 25.7. The van der Waals surface area contributed by atoms with E-state index in [1.165, 1.54) is 38.5 Å². The first-order chi connectivity index (χ1) is 18.7. The number of nitrogens with two attached hydrogens (primary N) is 1. The van der Waals surface area contributed by atoms with Gasteiger partial charge >= 0.3 is 6.36 Å². The largest absolute Gasteiger partial charge is 0.573 e. The Morgan fingerprint density at radius 3 is 2.28 bits per heavy atom. The van der Waals surface area contributed by atoms with Gasteiger partial charge < -0.3 is 24.7 Å². The Hall–Kier alpha value is -4.99. The maximum atomic E-state index is 12.9. The third-order valence-electron chi connectivity index (χ3n) is 6.05. The standard InChI is InChI=1S/C29H21F3N2O5/c1-36-25-14-22-23(15-26(25)37-2)34-11-10-24(22)38-18-8-6-16-7-9-20(28(33)35)27(21(16)13-18)17-4-3-5-19(12-17)39-29(30,31)32/h3-15H,1-2H3,(H2,33,35). The predicted molar refractivity (Wildman–Crippen MR) is 140 cm³/mol. The first-order valence-electron chi connectivity index (χ1n) is 11.6. The number of halogens is 3. The lowest BCUT2D eigenvalue weighted by molar-refractivity contribution is -0.274. The summed E-state index contributed by atoms with van der Waals surface area (Å²) in [5.74, 6) is 0.745. The third kappa shape index (κ3) is 5.22. The van der Waals surface area contributed by atoms with Crippen LogP contribution in [0.4, 0.5) is 13.2 Å². The van der Waals surface area contributed by atoms with Gasteiger partial charge in [0.15, 0.2) is 11.5 Å². The van der Waals surface area contributed by atoms with E-state index in [0.717, 1.165) is 5.39 Å². The van der Waals surface area contributed by atoms with E-state index >= 15 is 0 Å². The van der Waals surface area contributed by atoms with E-state index in [1.807, 2.05) is 0 Å². The van der Waals surface area contributed by atoms with Crippen molar-refractivity contribution in [3.8, 4) is 39.9 Å². The van der Waals surface area contributed by atoms with Gasteiger partial charge in [-0.2, -0.15) is 0 Å². The van der Waals surface area contributed by atoms with Gasteiger partial charge in [-0.15, -0.1) is 13.2 Å². The number of alkyl halides is 3. The van der Waals surface area contributed by atoms with Gasteiger partial charge in [0.2, 0.25) is 5.91 Å². The number of pyridine rings is 1. The minimum Gasteiger partial charge on any atom is -0.493 e. The van der Waals surface area contributed by atoms with E-state index in [-0.39, 0.29) is 5.56 Å². The Kier molecular flexibility index (Phi) is 6.61. The lowest BCUT2D eigenvalue weighted by Crippen LogP contribution is -2.17. The molecule has 0 aliphatic carbocycles. The van der Waals surface area contributed by atoms with Gasteiger partial charge in [-0.25, -0.2) is 0 Å². The number of primary amides is 1. The summed E-state index contributed by atoms with van der Waals surface area (Å²) >= 11 is 0. The molecule has 1 amide bonds. The van der Waals surface area contributed by atoms with Crippen molar-refractivity contribution in [1.29, 1.82) is 0 Å². The van der Waals surface area contributed by atoms with Gasteiger partial charge in [0.1, 0.15) is 17.2 Å². The normalized spacial score (nSPS) is 11.4. The van der Waals surface area contributed by atoms with Crippen LogP contribution < -0.4 is 24.7 Å². The zero-order valence-electron chi connectivity index (χ0n) is 20.7. The topological polar surface area (TPSA) is 92.9 Å². The summed E-state index contributed by atoms with van der Waals surface area (Å²) in [6.07, 6.45) is -3.28. The Labute approximate surface area is 220 Å². The number of aromatic nitrogens is 1. The Morgan fingerprint density at radius 2 is 1.56 bits per heavy atom. The highest BCUT2D eigenvalue weighted by Gasteiger charge is 2.31. The summed E-state index contributed by atoms with van der Waals surface area (Å²) in [6.45, 7) is 0. The number of methoxy groups -OCH3 is 2. The van der Waals surface area contributed by atoms with Crippen LogP contribution in [0.15, 0.2) is 79.0 Å². The maximum absolute atomic E-state index is 12.9. The van der Waals surface area contributed by atoms with Gasteiger partial charge in [0.25, 0.3) is 0 Å². The molecule has 0 radical (unpaired) electrons. The summed E-state index contributed by atoms with van der Waals surface area (Å²) < 4.78 is 59.7. The number of hydrogen-bond donors (Lipinski definition) is 1. The summed E-state index contributed by atoms with van der Waals surface area (Å²) in [5, 5.41) is 1.93. The quantitative estimate of drug-likeness (QED) is 0.245. The maximum Gasteiger partial charge on any atom is 0.573 e. The van der Waals surface area contributed by atoms with Crippen molar-refractivity contribution in [3.63, 3.8) is 0 Å². The molecule has 0 spiro atoms. The van der Waals surface area contributed by atoms with E-state index in [2.05, 4.69) is 9.72 Å². The smallest absolute Gasteiger partial charge is 0.493 e. The van der Waals surface area contributed by atoms with Crippen LogP contribution in [0.1, 0.15) is 10.4 Å². The molecular weight excluding hydrogens is 513 g/mol. The van der Waals surface area contributed by atoms with Crippen molar-refractivity contribution in [1.82, 2.24) is 4.98 Å². The van der Waals surface area contributed by atoms with Crippen LogP contribution in [-0.4, -0.2) is 31.5 Å². The number of nitrogens with zero attached hydrogens (tertiary/aromatic N) is 1. The molecule has 0 aliphatic heterocycles. The van der Waals surface area contributed by atoms with Crippen molar-refractivity contribution in [3.05, 3.63) is 84.6 Å². The van der Waals surface area contributed by atoms with Crippen molar-refractivity contribution in [2.45, 2.75) is 6.36 Å². The van der Waals surface area contributed by atoms with E-state index < -0.39 is 18.0 Å². The van der Waals surface area contributed by atoms with Gasteiger partial charge in [0.05, 0.1) is 19.7 Å². The minimum absolute atomic E-state index is 0.134. The fraction of sp³-hybridized carbons (Fsp3) is 0.103. The molecule has 4 aromatic carbocycles. The molecule has 0 fully saturated rings. The number of rotatable bonds is 7. The molecule has 1 aromatic heterocycles. The molecule has 2 N–H and O–H groups in total. The molecule has 5 rings (SSSR count). The number of carbonyl (C=O) groups excluding carboxylic acids is 1. The van der Waals surface area contributed by atoms with Crippen LogP contribution in [0.2, 0.25) is 0 Å². The molecule has 5 aromatic rings. The van der Waals surface area contributed by atoms with Crippen molar-refractivity contribution in [2.75, 3.05) is 14.2 Å². The fourth-order valence-corrected chi connectivity index (χ4v) is 4.39. The second kappa shape index (κ2) is 10.1. The van der Waals surface area contributed by atoms with E-state index in [9.17, 15) is 18.0 Å². The second-order valence-corrected chi connectivity index (χ2v) is 8.45. The second-order valence-electron chi connectivity index (χ2n) is 8.45. The number of benzene rings is 4. The Morgan fingerprint density at radius 1 is 0.821 bits per heavy atom. The zero-order chi connectivity index (χ0) is 27.7. The molecular formula is C29H21F3N2O5. The molecule has 39 heavy (non-hydrogen) atoms. The van der Waals surface area contributed by atoms with Crippen molar-refractivity contribution >= 4 is 27.6 Å². The molecule has 0 saturated carbocycles. The van der Waals surface area contributed by atoms with Crippen LogP contribution in [-0.2, 0) is 0 Å². The molecule has 0 saturated heterocycles. The fourth-order valence-electron chi connectivity index (χ4n) is 4.39. The van der Waals surface area contributed by atoms with Crippen molar-refractivity contribution < 1.29 is 36.9 Å². The lowest BCUT2D eigenvalue weighted by atomic mass is 9.92. The van der Waals surface area contributed by atoms with E-state index in [1.54, 1.807) is 54.7 Å². The molecule has 7 nitrogen and oxygen atoms in total. The Bertz CT molecular complexity index is 1720. The third-order valence-corrected chi connectivity index (χ3v) is 6.05. The predicted octanol–water partition coefficient (Wildman–Crippen LogP) is 6.86. The Balaban J connectivity index is 1.64. The van der Waals surface area contributed by atoms with Gasteiger partial charge in [-0.3, -0.25) is 9.78 Å². The van der Waals surface area contributed by atoms with Crippen LogP contribution in [0.25, 0.3) is 32.8 Å². The molecule has 0 aliphatic rings. The number of hydrogen-bond acceptors (Lipinski definition) is 6. The highest BCUT2D eigenvalue weighted by Crippen LogP contribution is 2.40. The van der Waals surface area contributed by atoms with Crippen LogP contribution in [0.3, 0.4) is 0 Å². The monoisotopic (exact) mass is 534 g/mol. The van der Waals surface area contributed by atoms with Gasteiger partial charge in [0, 0.05) is 28.8 Å². The molecule has 1 heterocycles. The lowest BCUT2D eigenvalue weighted by Gasteiger charge is -2.16. The van der Waals surface area contributed by atoms with Crippen LogP contribution >= 0.6 is 0 Å².